The second-order valence-corrected chi connectivity index (χ2v) is 5.22. The highest BCUT2D eigenvalue weighted by molar-refractivity contribution is 5.48. The predicted molar refractivity (Wildman–Crippen MR) is 76.8 cm³/mol. The van der Waals surface area contributed by atoms with Crippen LogP contribution in [0.2, 0.25) is 0 Å². The Kier molecular flexibility index (Phi) is 4.76. The Hall–Kier alpha value is -1.35. The van der Waals surface area contributed by atoms with E-state index in [-0.39, 0.29) is 0 Å². The minimum Gasteiger partial charge on any atom is -0.352 e. The van der Waals surface area contributed by atoms with Crippen LogP contribution in [0.15, 0.2) is 30.5 Å². The van der Waals surface area contributed by atoms with Gasteiger partial charge in [0.15, 0.2) is 0 Å². The summed E-state index contributed by atoms with van der Waals surface area (Å²) in [5, 5.41) is 3.50. The third kappa shape index (κ3) is 3.57. The quantitative estimate of drug-likeness (QED) is 0.808. The summed E-state index contributed by atoms with van der Waals surface area (Å²) >= 11 is 0. The van der Waals surface area contributed by atoms with Crippen molar-refractivity contribution in [2.75, 3.05) is 24.5 Å². The molecule has 2 heterocycles. The minimum atomic E-state index is 0.683. The summed E-state index contributed by atoms with van der Waals surface area (Å²) in [6, 6.07) is 4.20. The zero-order chi connectivity index (χ0) is 12.8. The molecule has 0 saturated heterocycles. The van der Waals surface area contributed by atoms with E-state index in [2.05, 4.69) is 47.3 Å². The van der Waals surface area contributed by atoms with E-state index in [4.69, 9.17) is 0 Å². The van der Waals surface area contributed by atoms with Gasteiger partial charge in [-0.05, 0) is 24.9 Å². The maximum Gasteiger partial charge on any atom is 0.133 e. The molecule has 0 aromatic carbocycles. The lowest BCUT2D eigenvalue weighted by Gasteiger charge is -2.26. The highest BCUT2D eigenvalue weighted by Gasteiger charge is 2.12. The molecular weight excluding hydrogens is 222 g/mol. The third-order valence-corrected chi connectivity index (χ3v) is 3.09. The van der Waals surface area contributed by atoms with Gasteiger partial charge in [0.25, 0.3) is 0 Å². The predicted octanol–water partition coefficient (Wildman–Crippen LogP) is 2.59. The van der Waals surface area contributed by atoms with Crippen molar-refractivity contribution in [3.63, 3.8) is 0 Å². The van der Waals surface area contributed by atoms with Crippen LogP contribution in [0.4, 0.5) is 5.82 Å². The first-order valence-corrected chi connectivity index (χ1v) is 6.82. The number of aromatic nitrogens is 1. The van der Waals surface area contributed by atoms with Crippen LogP contribution >= 0.6 is 0 Å². The number of hydrogen-bond acceptors (Lipinski definition) is 3. The molecular formula is C15H23N3. The Morgan fingerprint density at radius 3 is 3.00 bits per heavy atom. The van der Waals surface area contributed by atoms with Gasteiger partial charge in [-0.25, -0.2) is 4.98 Å². The lowest BCUT2D eigenvalue weighted by molar-refractivity contribution is 0.551. The fourth-order valence-electron chi connectivity index (χ4n) is 2.18. The van der Waals surface area contributed by atoms with Crippen LogP contribution in [0.25, 0.3) is 0 Å². The van der Waals surface area contributed by atoms with E-state index in [1.165, 1.54) is 5.56 Å². The van der Waals surface area contributed by atoms with E-state index in [0.717, 1.165) is 38.4 Å². The molecule has 1 aliphatic rings. The van der Waals surface area contributed by atoms with Crippen molar-refractivity contribution in [1.29, 1.82) is 0 Å². The lowest BCUT2D eigenvalue weighted by atomic mass is 10.2. The van der Waals surface area contributed by atoms with Crippen LogP contribution in [-0.2, 0) is 6.54 Å². The first kappa shape index (κ1) is 13.1. The summed E-state index contributed by atoms with van der Waals surface area (Å²) in [5.41, 5.74) is 1.30. The number of anilines is 1. The number of nitrogens with one attached hydrogen (secondary N) is 1. The molecule has 1 aliphatic heterocycles. The summed E-state index contributed by atoms with van der Waals surface area (Å²) in [6.45, 7) is 8.47. The molecule has 98 valence electrons. The first-order valence-electron chi connectivity index (χ1n) is 6.82. The largest absolute Gasteiger partial charge is 0.352 e. The highest BCUT2D eigenvalue weighted by atomic mass is 15.2. The van der Waals surface area contributed by atoms with Crippen LogP contribution in [0.3, 0.4) is 0 Å². The van der Waals surface area contributed by atoms with Crippen molar-refractivity contribution in [3.8, 4) is 0 Å². The molecule has 2 rings (SSSR count). The van der Waals surface area contributed by atoms with Gasteiger partial charge in [0.1, 0.15) is 5.82 Å². The Labute approximate surface area is 110 Å². The molecule has 0 radical (unpaired) electrons. The molecule has 0 fully saturated rings. The van der Waals surface area contributed by atoms with E-state index in [1.54, 1.807) is 0 Å². The lowest BCUT2D eigenvalue weighted by Crippen LogP contribution is -2.29. The van der Waals surface area contributed by atoms with Crippen LogP contribution < -0.4 is 10.2 Å². The number of hydrogen-bond donors (Lipinski definition) is 1. The number of pyridine rings is 1. The molecule has 0 saturated carbocycles. The van der Waals surface area contributed by atoms with Gasteiger partial charge in [0.2, 0.25) is 0 Å². The fraction of sp³-hybridized carbons (Fsp3) is 0.533. The summed E-state index contributed by atoms with van der Waals surface area (Å²) in [6.07, 6.45) is 7.48. The van der Waals surface area contributed by atoms with E-state index in [1.807, 2.05) is 12.3 Å². The van der Waals surface area contributed by atoms with Gasteiger partial charge in [0.05, 0.1) is 0 Å². The van der Waals surface area contributed by atoms with Gasteiger partial charge in [-0.15, -0.1) is 0 Å². The molecule has 1 aromatic rings. The second-order valence-electron chi connectivity index (χ2n) is 5.22. The SMILES string of the molecule is CC(C)CNCc1cccnc1N1CC=CCC1. The summed E-state index contributed by atoms with van der Waals surface area (Å²) in [5.74, 6) is 1.82. The molecule has 1 N–H and O–H groups in total. The Balaban J connectivity index is 2.02. The van der Waals surface area contributed by atoms with Crippen molar-refractivity contribution in [2.45, 2.75) is 26.8 Å². The zero-order valence-corrected chi connectivity index (χ0v) is 11.4. The van der Waals surface area contributed by atoms with Crippen molar-refractivity contribution in [2.24, 2.45) is 5.92 Å². The van der Waals surface area contributed by atoms with Crippen LogP contribution in [0.5, 0.6) is 0 Å². The Morgan fingerprint density at radius 1 is 1.39 bits per heavy atom. The standard InChI is InChI=1S/C15H23N3/c1-13(2)11-16-12-14-7-6-8-17-15(14)18-9-4-3-5-10-18/h3-4,6-8,13,16H,5,9-12H2,1-2H3. The molecule has 0 bridgehead atoms. The molecule has 1 aromatic heterocycles. The summed E-state index contributed by atoms with van der Waals surface area (Å²) < 4.78 is 0. The molecule has 18 heavy (non-hydrogen) atoms. The second kappa shape index (κ2) is 6.55. The third-order valence-electron chi connectivity index (χ3n) is 3.09. The van der Waals surface area contributed by atoms with Crippen LogP contribution in [-0.4, -0.2) is 24.6 Å². The summed E-state index contributed by atoms with van der Waals surface area (Å²) in [4.78, 5) is 6.91. The topological polar surface area (TPSA) is 28.2 Å². The Morgan fingerprint density at radius 2 is 2.28 bits per heavy atom. The van der Waals surface area contributed by atoms with Crippen LogP contribution in [0.1, 0.15) is 25.8 Å². The highest BCUT2D eigenvalue weighted by Crippen LogP contribution is 2.19. The van der Waals surface area contributed by atoms with Gasteiger partial charge in [0, 0.05) is 31.4 Å². The van der Waals surface area contributed by atoms with Gasteiger partial charge in [-0.1, -0.05) is 32.1 Å². The molecule has 3 heteroatoms. The van der Waals surface area contributed by atoms with Crippen molar-refractivity contribution < 1.29 is 0 Å². The van der Waals surface area contributed by atoms with E-state index in [0.29, 0.717) is 5.92 Å². The average molecular weight is 245 g/mol. The van der Waals surface area contributed by atoms with Gasteiger partial charge < -0.3 is 10.2 Å². The molecule has 0 unspecified atom stereocenters. The number of rotatable bonds is 5. The molecule has 3 nitrogen and oxygen atoms in total. The Bertz CT molecular complexity index is 398. The van der Waals surface area contributed by atoms with E-state index < -0.39 is 0 Å². The monoisotopic (exact) mass is 245 g/mol. The molecule has 0 atom stereocenters. The minimum absolute atomic E-state index is 0.683. The molecule has 0 amide bonds. The zero-order valence-electron chi connectivity index (χ0n) is 11.4. The van der Waals surface area contributed by atoms with Gasteiger partial charge in [-0.2, -0.15) is 0 Å². The van der Waals surface area contributed by atoms with E-state index in [9.17, 15) is 0 Å². The van der Waals surface area contributed by atoms with E-state index >= 15 is 0 Å². The van der Waals surface area contributed by atoms with Gasteiger partial charge in [-0.3, -0.25) is 0 Å². The van der Waals surface area contributed by atoms with Crippen molar-refractivity contribution in [3.05, 3.63) is 36.0 Å². The number of nitrogens with zero attached hydrogens (tertiary/aromatic N) is 2. The smallest absolute Gasteiger partial charge is 0.133 e. The summed E-state index contributed by atoms with van der Waals surface area (Å²) in [7, 11) is 0. The normalized spacial score (nSPS) is 15.4. The average Bonchev–Trinajstić information content (AvgIpc) is 2.40. The van der Waals surface area contributed by atoms with Crippen molar-refractivity contribution >= 4 is 5.82 Å². The fourth-order valence-corrected chi connectivity index (χ4v) is 2.18. The van der Waals surface area contributed by atoms with Crippen LogP contribution in [0, 0.1) is 5.92 Å². The molecule has 0 spiro atoms. The van der Waals surface area contributed by atoms with Crippen molar-refractivity contribution in [1.82, 2.24) is 10.3 Å². The maximum atomic E-state index is 4.55. The van der Waals surface area contributed by atoms with Gasteiger partial charge >= 0.3 is 0 Å². The maximum absolute atomic E-state index is 4.55. The molecule has 0 aliphatic carbocycles. The first-order chi connectivity index (χ1) is 8.77.